The number of methoxy groups -OCH3 is 1. The number of nitrogens with zero attached hydrogens (tertiary/aromatic N) is 6. The van der Waals surface area contributed by atoms with E-state index in [1.807, 2.05) is 69.0 Å². The second-order valence-electron chi connectivity index (χ2n) is 15.5. The number of oxazole rings is 1. The average Bonchev–Trinajstić information content (AvgIpc) is 4.02. The molecule has 4 aromatic heterocycles. The summed E-state index contributed by atoms with van der Waals surface area (Å²) in [5.74, 6) is 0.898. The number of hydrogen-bond donors (Lipinski definition) is 4. The molecule has 0 aliphatic carbocycles. The van der Waals surface area contributed by atoms with Gasteiger partial charge in [-0.1, -0.05) is 27.7 Å². The summed E-state index contributed by atoms with van der Waals surface area (Å²) in [6.07, 6.45) is 2.45. The summed E-state index contributed by atoms with van der Waals surface area (Å²) in [6.45, 7) is 10.2. The van der Waals surface area contributed by atoms with Crippen LogP contribution in [0.25, 0.3) is 55.7 Å². The van der Waals surface area contributed by atoms with Gasteiger partial charge in [0.05, 0.1) is 30.2 Å². The van der Waals surface area contributed by atoms with E-state index in [1.54, 1.807) is 4.90 Å². The first-order valence-corrected chi connectivity index (χ1v) is 19.2. The molecule has 6 aromatic rings. The van der Waals surface area contributed by atoms with Crippen LogP contribution in [0.3, 0.4) is 0 Å². The Balaban J connectivity index is 1.07. The standard InChI is InChI=1S/C40H46N10O6/c1-19(2)30(41-21(5)51)38(52)49-17-8-10-29(49)36-44-25-15-16-26-34(33(25)47-36)56-37(45-26)27-12-11-22-23(42-27)13-14-24-32(22)46-35(43-24)28-9-7-18-50(28)39(53)31(20(3)4)48-40(54)55-6/h11-16,19-20,28-31,42H,7-10,17-18H2,1-6H3,(H,41,51)(H,44,47)(H,48,54)/t28-,29-,30-,31-/m0/s1. The molecule has 8 rings (SSSR count). The van der Waals surface area contributed by atoms with Gasteiger partial charge in [0.25, 0.3) is 0 Å². The second kappa shape index (κ2) is 14.5. The van der Waals surface area contributed by atoms with Crippen molar-refractivity contribution in [1.29, 1.82) is 0 Å². The summed E-state index contributed by atoms with van der Waals surface area (Å²) in [5.41, 5.74) is 5.47. The zero-order valence-electron chi connectivity index (χ0n) is 32.3. The van der Waals surface area contributed by atoms with Crippen LogP contribution in [0.2, 0.25) is 0 Å². The molecular formula is C40H46N10O6. The van der Waals surface area contributed by atoms with Crippen LogP contribution >= 0.6 is 0 Å². The molecule has 2 fully saturated rings. The monoisotopic (exact) mass is 762 g/mol. The molecule has 16 heteroatoms. The fourth-order valence-corrected chi connectivity index (χ4v) is 8.12. The van der Waals surface area contributed by atoms with Crippen molar-refractivity contribution in [3.63, 3.8) is 0 Å². The van der Waals surface area contributed by atoms with Gasteiger partial charge in [0.2, 0.25) is 23.6 Å². The molecule has 0 radical (unpaired) electrons. The highest BCUT2D eigenvalue weighted by atomic mass is 16.5. The fraction of sp³-hybridized carbons (Fsp3) is 0.450. The molecule has 292 valence electrons. The number of fused-ring (bicyclic) bond motifs is 6. The van der Waals surface area contributed by atoms with Crippen molar-refractivity contribution in [2.75, 3.05) is 20.2 Å². The lowest BCUT2D eigenvalue weighted by atomic mass is 10.0. The highest BCUT2D eigenvalue weighted by Gasteiger charge is 2.39. The third-order valence-corrected chi connectivity index (χ3v) is 11.0. The Hall–Kier alpha value is -6.06. The Labute approximate surface area is 322 Å². The van der Waals surface area contributed by atoms with Gasteiger partial charge < -0.3 is 39.6 Å². The van der Waals surface area contributed by atoms with Gasteiger partial charge in [0.1, 0.15) is 40.2 Å². The predicted octanol–water partition coefficient (Wildman–Crippen LogP) is 5.66. The number of carbonyl (C=O) groups is 4. The van der Waals surface area contributed by atoms with Gasteiger partial charge in [-0.15, -0.1) is 0 Å². The summed E-state index contributed by atoms with van der Waals surface area (Å²) in [6, 6.07) is 9.59. The number of likely N-dealkylation sites (tertiary alicyclic amines) is 2. The van der Waals surface area contributed by atoms with Gasteiger partial charge in [-0.25, -0.2) is 24.7 Å². The molecule has 0 bridgehead atoms. The van der Waals surface area contributed by atoms with E-state index in [0.717, 1.165) is 47.6 Å². The molecule has 6 heterocycles. The lowest BCUT2D eigenvalue weighted by molar-refractivity contribution is -0.138. The Kier molecular flexibility index (Phi) is 9.58. The van der Waals surface area contributed by atoms with Crippen molar-refractivity contribution in [1.82, 2.24) is 50.3 Å². The van der Waals surface area contributed by atoms with E-state index < -0.39 is 18.2 Å². The van der Waals surface area contributed by atoms with Crippen molar-refractivity contribution in [2.45, 2.75) is 84.5 Å². The van der Waals surface area contributed by atoms with Crippen molar-refractivity contribution >= 4 is 67.9 Å². The minimum absolute atomic E-state index is 0.0643. The SMILES string of the molecule is COC(=O)N[C@H](C(=O)N1CCC[C@H]1c1nc2ccc3[nH]c(-c4nc5ccc6[nH]c([C@@H]7CCCN7C(=O)[C@@H](NC(C)=O)C(C)C)nc6c5o4)ccc3c2n1)C(C)C. The fourth-order valence-electron chi connectivity index (χ4n) is 8.12. The molecule has 4 atom stereocenters. The van der Waals surface area contributed by atoms with Gasteiger partial charge in [-0.2, -0.15) is 0 Å². The van der Waals surface area contributed by atoms with Crippen molar-refractivity contribution in [3.05, 3.63) is 48.0 Å². The number of ether oxygens (including phenoxy) is 1. The van der Waals surface area contributed by atoms with Gasteiger partial charge in [0, 0.05) is 30.9 Å². The Morgan fingerprint density at radius 2 is 1.43 bits per heavy atom. The van der Waals surface area contributed by atoms with Crippen LogP contribution < -0.4 is 10.6 Å². The number of hydrogen-bond acceptors (Lipinski definition) is 10. The number of H-pyrrole nitrogens is 2. The normalized spacial score (nSPS) is 18.5. The summed E-state index contributed by atoms with van der Waals surface area (Å²) in [5, 5.41) is 6.38. The molecule has 2 aliphatic rings. The smallest absolute Gasteiger partial charge is 0.407 e. The average molecular weight is 763 g/mol. The molecule has 0 saturated carbocycles. The summed E-state index contributed by atoms with van der Waals surface area (Å²) in [4.78, 5) is 81.3. The third kappa shape index (κ3) is 6.56. The van der Waals surface area contributed by atoms with Crippen LogP contribution in [0.1, 0.15) is 84.0 Å². The zero-order valence-corrected chi connectivity index (χ0v) is 32.3. The largest absolute Gasteiger partial charge is 0.453 e. The van der Waals surface area contributed by atoms with Crippen molar-refractivity contribution in [2.24, 2.45) is 11.8 Å². The molecule has 0 unspecified atom stereocenters. The lowest BCUT2D eigenvalue weighted by Crippen LogP contribution is -2.51. The summed E-state index contributed by atoms with van der Waals surface area (Å²) in [7, 11) is 1.28. The van der Waals surface area contributed by atoms with Crippen LogP contribution in [0.15, 0.2) is 40.8 Å². The van der Waals surface area contributed by atoms with E-state index in [1.165, 1.54) is 14.0 Å². The first-order chi connectivity index (χ1) is 26.9. The molecule has 4 N–H and O–H groups in total. The molecule has 56 heavy (non-hydrogen) atoms. The molecule has 2 aliphatic heterocycles. The topological polar surface area (TPSA) is 204 Å². The Morgan fingerprint density at radius 3 is 2.12 bits per heavy atom. The van der Waals surface area contributed by atoms with E-state index in [0.29, 0.717) is 58.5 Å². The minimum Gasteiger partial charge on any atom is -0.453 e. The number of amides is 4. The predicted molar refractivity (Wildman–Crippen MR) is 208 cm³/mol. The van der Waals surface area contributed by atoms with Crippen molar-refractivity contribution < 1.29 is 28.3 Å². The van der Waals surface area contributed by atoms with E-state index in [2.05, 4.69) is 20.6 Å². The van der Waals surface area contributed by atoms with Gasteiger partial charge in [0.15, 0.2) is 11.4 Å². The molecule has 4 amide bonds. The zero-order chi connectivity index (χ0) is 39.4. The van der Waals surface area contributed by atoms with Crippen LogP contribution in [-0.2, 0) is 19.1 Å². The van der Waals surface area contributed by atoms with E-state index in [9.17, 15) is 19.2 Å². The number of nitrogens with one attached hydrogen (secondary N) is 4. The van der Waals surface area contributed by atoms with E-state index in [4.69, 9.17) is 29.1 Å². The molecule has 2 saturated heterocycles. The van der Waals surface area contributed by atoms with Gasteiger partial charge >= 0.3 is 6.09 Å². The van der Waals surface area contributed by atoms with Crippen molar-refractivity contribution in [3.8, 4) is 11.6 Å². The van der Waals surface area contributed by atoms with Crippen LogP contribution in [0.4, 0.5) is 4.79 Å². The first-order valence-electron chi connectivity index (χ1n) is 19.2. The molecule has 2 aromatic carbocycles. The van der Waals surface area contributed by atoms with Gasteiger partial charge in [-0.05, 0) is 73.9 Å². The number of alkyl carbamates (subject to hydrolysis) is 1. The summed E-state index contributed by atoms with van der Waals surface area (Å²) >= 11 is 0. The maximum Gasteiger partial charge on any atom is 0.407 e. The van der Waals surface area contributed by atoms with E-state index >= 15 is 0 Å². The number of carbonyl (C=O) groups excluding carboxylic acids is 4. The second-order valence-corrected chi connectivity index (χ2v) is 15.5. The maximum atomic E-state index is 13.7. The molecule has 0 spiro atoms. The third-order valence-electron chi connectivity index (χ3n) is 11.0. The minimum atomic E-state index is -0.729. The number of benzene rings is 2. The number of aromatic amines is 2. The lowest BCUT2D eigenvalue weighted by Gasteiger charge is -2.30. The van der Waals surface area contributed by atoms with Gasteiger partial charge in [-0.3, -0.25) is 14.4 Å². The number of imidazole rings is 2. The quantitative estimate of drug-likeness (QED) is 0.142. The molecule has 16 nitrogen and oxygen atoms in total. The molecular weight excluding hydrogens is 717 g/mol. The highest BCUT2D eigenvalue weighted by Crippen LogP contribution is 2.37. The first kappa shape index (κ1) is 36.9. The van der Waals surface area contributed by atoms with E-state index in [-0.39, 0.29) is 41.6 Å². The maximum absolute atomic E-state index is 13.7. The number of aromatic nitrogens is 6. The van der Waals surface area contributed by atoms with Crippen LogP contribution in [-0.4, -0.2) is 95.8 Å². The Bertz CT molecular complexity index is 2500. The Morgan fingerprint density at radius 1 is 0.768 bits per heavy atom. The summed E-state index contributed by atoms with van der Waals surface area (Å²) < 4.78 is 11.2. The van der Waals surface area contributed by atoms with Crippen LogP contribution in [0.5, 0.6) is 0 Å². The number of rotatable bonds is 9. The number of pyridine rings is 1. The van der Waals surface area contributed by atoms with Crippen LogP contribution in [0, 0.1) is 11.8 Å². The highest BCUT2D eigenvalue weighted by molar-refractivity contribution is 6.04.